The van der Waals surface area contributed by atoms with Crippen LogP contribution in [0.4, 0.5) is 19.0 Å². The van der Waals surface area contributed by atoms with Crippen LogP contribution in [0.1, 0.15) is 24.0 Å². The number of hydrogen-bond acceptors (Lipinski definition) is 5. The summed E-state index contributed by atoms with van der Waals surface area (Å²) in [5, 5.41) is 18.9. The molecular formula is C20H18F3N3O2. The molecule has 1 aliphatic heterocycles. The first kappa shape index (κ1) is 18.4. The van der Waals surface area contributed by atoms with Crippen LogP contribution in [0.25, 0.3) is 0 Å². The number of anilines is 1. The number of rotatable bonds is 3. The first-order valence-corrected chi connectivity index (χ1v) is 9.03. The quantitative estimate of drug-likeness (QED) is 0.860. The summed E-state index contributed by atoms with van der Waals surface area (Å²) in [6, 6.07) is 8.41. The number of hydrogen-bond donors (Lipinski definition) is 1. The zero-order valence-electron chi connectivity index (χ0n) is 14.9. The van der Waals surface area contributed by atoms with E-state index in [2.05, 4.69) is 9.88 Å². The third kappa shape index (κ3) is 3.44. The van der Waals surface area contributed by atoms with Crippen molar-refractivity contribution in [2.24, 2.45) is 11.8 Å². The molecule has 1 saturated carbocycles. The number of alkyl halides is 3. The van der Waals surface area contributed by atoms with Crippen molar-refractivity contribution < 1.29 is 23.0 Å². The Bertz CT molecular complexity index is 894. The van der Waals surface area contributed by atoms with Crippen LogP contribution in [-0.2, 0) is 6.18 Å². The Morgan fingerprint density at radius 3 is 2.39 bits per heavy atom. The second-order valence-electron chi connectivity index (χ2n) is 7.28. The molecule has 4 rings (SSSR count). The van der Waals surface area contributed by atoms with Gasteiger partial charge >= 0.3 is 6.18 Å². The molecule has 5 nitrogen and oxygen atoms in total. The van der Waals surface area contributed by atoms with Crippen molar-refractivity contribution in [1.82, 2.24) is 4.98 Å². The maximum atomic E-state index is 12.8. The highest BCUT2D eigenvalue weighted by molar-refractivity contribution is 5.45. The molecule has 2 unspecified atom stereocenters. The van der Waals surface area contributed by atoms with Crippen LogP contribution < -0.4 is 9.64 Å². The van der Waals surface area contributed by atoms with Gasteiger partial charge in [-0.25, -0.2) is 4.98 Å². The van der Waals surface area contributed by atoms with Crippen LogP contribution in [0.15, 0.2) is 36.5 Å². The highest BCUT2D eigenvalue weighted by Crippen LogP contribution is 2.43. The van der Waals surface area contributed by atoms with E-state index in [4.69, 9.17) is 10.00 Å². The van der Waals surface area contributed by atoms with Gasteiger partial charge in [-0.3, -0.25) is 0 Å². The van der Waals surface area contributed by atoms with E-state index in [1.54, 1.807) is 12.3 Å². The Labute approximate surface area is 160 Å². The van der Waals surface area contributed by atoms with Crippen molar-refractivity contribution in [3.8, 4) is 17.6 Å². The zero-order chi connectivity index (χ0) is 19.9. The van der Waals surface area contributed by atoms with Gasteiger partial charge in [0.2, 0.25) is 0 Å². The summed E-state index contributed by atoms with van der Waals surface area (Å²) in [5.74, 6) is 0.771. The number of ether oxygens (including phenoxy) is 1. The maximum Gasteiger partial charge on any atom is 0.416 e. The van der Waals surface area contributed by atoms with Crippen molar-refractivity contribution >= 4 is 5.82 Å². The minimum absolute atomic E-state index is 0.0832. The molecule has 8 heteroatoms. The number of nitriles is 1. The van der Waals surface area contributed by atoms with Gasteiger partial charge in [-0.05, 0) is 43.2 Å². The first-order chi connectivity index (χ1) is 13.3. The van der Waals surface area contributed by atoms with Gasteiger partial charge in [0.15, 0.2) is 11.5 Å². The number of halogens is 3. The molecule has 1 saturated heterocycles. The molecule has 1 N–H and O–H groups in total. The van der Waals surface area contributed by atoms with Crippen LogP contribution in [0.5, 0.6) is 11.5 Å². The predicted molar refractivity (Wildman–Crippen MR) is 94.9 cm³/mol. The third-order valence-electron chi connectivity index (χ3n) is 5.50. The average Bonchev–Trinajstić information content (AvgIpc) is 2.89. The smallest absolute Gasteiger partial charge is 0.416 e. The monoisotopic (exact) mass is 389 g/mol. The fourth-order valence-electron chi connectivity index (χ4n) is 4.13. The third-order valence-corrected chi connectivity index (χ3v) is 5.50. The Morgan fingerprint density at radius 1 is 1.14 bits per heavy atom. The number of phenolic OH excluding ortho intramolecular Hbond substituents is 1. The molecule has 1 aromatic carbocycles. The van der Waals surface area contributed by atoms with E-state index in [0.717, 1.165) is 24.7 Å². The standard InChI is InChI=1S/C20H18F3N3O2/c21-20(22,23)15-4-5-17(16(27)7-15)28-19-13-2-3-14(19)11-26(10-13)18-6-1-12(8-24)9-25-18/h1,4-7,9,13-14,19,27H,2-3,10-11H2. The van der Waals surface area contributed by atoms with Gasteiger partial charge in [-0.15, -0.1) is 0 Å². The molecule has 0 spiro atoms. The van der Waals surface area contributed by atoms with Crippen molar-refractivity contribution in [2.75, 3.05) is 18.0 Å². The van der Waals surface area contributed by atoms with Crippen LogP contribution >= 0.6 is 0 Å². The van der Waals surface area contributed by atoms with E-state index in [0.29, 0.717) is 24.7 Å². The number of phenols is 1. The van der Waals surface area contributed by atoms with E-state index in [1.807, 2.05) is 12.1 Å². The Kier molecular flexibility index (Phi) is 4.53. The van der Waals surface area contributed by atoms with E-state index < -0.39 is 17.5 Å². The summed E-state index contributed by atoms with van der Waals surface area (Å²) >= 11 is 0. The summed E-state index contributed by atoms with van der Waals surface area (Å²) in [7, 11) is 0. The topological polar surface area (TPSA) is 69.4 Å². The fourth-order valence-corrected chi connectivity index (χ4v) is 4.13. The minimum atomic E-state index is -4.51. The van der Waals surface area contributed by atoms with Gasteiger partial charge in [-0.1, -0.05) is 0 Å². The van der Waals surface area contributed by atoms with Gasteiger partial charge < -0.3 is 14.7 Å². The lowest BCUT2D eigenvalue weighted by Crippen LogP contribution is -2.47. The van der Waals surface area contributed by atoms with E-state index >= 15 is 0 Å². The van der Waals surface area contributed by atoms with Crippen LogP contribution in [0.3, 0.4) is 0 Å². The number of benzene rings is 1. The molecule has 146 valence electrons. The number of nitrogens with zero attached hydrogens (tertiary/aromatic N) is 3. The van der Waals surface area contributed by atoms with E-state index in [9.17, 15) is 18.3 Å². The van der Waals surface area contributed by atoms with E-state index in [1.165, 1.54) is 6.07 Å². The SMILES string of the molecule is N#Cc1ccc(N2CC3CCC(C2)C3Oc2ccc(C(F)(F)F)cc2O)nc1. The summed E-state index contributed by atoms with van der Waals surface area (Å²) in [4.78, 5) is 6.49. The highest BCUT2D eigenvalue weighted by Gasteiger charge is 2.44. The van der Waals surface area contributed by atoms with Crippen molar-refractivity contribution in [3.05, 3.63) is 47.7 Å². The first-order valence-electron chi connectivity index (χ1n) is 9.03. The number of aromatic nitrogens is 1. The fraction of sp³-hybridized carbons (Fsp3) is 0.400. The molecule has 2 heterocycles. The second kappa shape index (κ2) is 6.89. The molecule has 0 radical (unpaired) electrons. The Morgan fingerprint density at radius 2 is 1.86 bits per heavy atom. The second-order valence-corrected chi connectivity index (χ2v) is 7.28. The number of piperidine rings is 1. The van der Waals surface area contributed by atoms with Gasteiger partial charge in [0, 0.05) is 31.1 Å². The number of pyridine rings is 1. The molecule has 2 fully saturated rings. The van der Waals surface area contributed by atoms with Crippen molar-refractivity contribution in [1.29, 1.82) is 5.26 Å². The number of fused-ring (bicyclic) bond motifs is 2. The molecule has 1 aromatic heterocycles. The van der Waals surface area contributed by atoms with Gasteiger partial charge in [0.25, 0.3) is 0 Å². The molecule has 2 atom stereocenters. The van der Waals surface area contributed by atoms with Crippen LogP contribution in [-0.4, -0.2) is 29.3 Å². The molecular weight excluding hydrogens is 371 g/mol. The van der Waals surface area contributed by atoms with Crippen LogP contribution in [0, 0.1) is 23.2 Å². The highest BCUT2D eigenvalue weighted by atomic mass is 19.4. The van der Waals surface area contributed by atoms with Gasteiger partial charge in [0.1, 0.15) is 18.0 Å². The molecule has 1 aliphatic carbocycles. The predicted octanol–water partition coefficient (Wildman–Crippen LogP) is 3.97. The maximum absolute atomic E-state index is 12.8. The zero-order valence-corrected chi connectivity index (χ0v) is 14.9. The molecule has 2 bridgehead atoms. The summed E-state index contributed by atoms with van der Waals surface area (Å²) < 4.78 is 44.2. The lowest BCUT2D eigenvalue weighted by atomic mass is 9.94. The molecule has 0 amide bonds. The molecule has 28 heavy (non-hydrogen) atoms. The lowest BCUT2D eigenvalue weighted by molar-refractivity contribution is -0.137. The lowest BCUT2D eigenvalue weighted by Gasteiger charge is -2.38. The van der Waals surface area contributed by atoms with Gasteiger partial charge in [-0.2, -0.15) is 18.4 Å². The largest absolute Gasteiger partial charge is 0.504 e. The normalized spacial score (nSPS) is 24.1. The minimum Gasteiger partial charge on any atom is -0.504 e. The summed E-state index contributed by atoms with van der Waals surface area (Å²) in [6.07, 6.45) is -1.22. The van der Waals surface area contributed by atoms with Crippen molar-refractivity contribution in [2.45, 2.75) is 25.1 Å². The Balaban J connectivity index is 1.47. The summed E-state index contributed by atoms with van der Waals surface area (Å²) in [5.41, 5.74) is -0.398. The molecule has 2 aromatic rings. The van der Waals surface area contributed by atoms with Crippen LogP contribution in [0.2, 0.25) is 0 Å². The summed E-state index contributed by atoms with van der Waals surface area (Å²) in [6.45, 7) is 1.42. The van der Waals surface area contributed by atoms with Crippen molar-refractivity contribution in [3.63, 3.8) is 0 Å². The van der Waals surface area contributed by atoms with Gasteiger partial charge in [0.05, 0.1) is 11.1 Å². The Hall–Kier alpha value is -2.95. The average molecular weight is 389 g/mol. The molecule has 2 aliphatic rings. The number of aromatic hydroxyl groups is 1. The van der Waals surface area contributed by atoms with E-state index in [-0.39, 0.29) is 23.7 Å².